The standard InChI is InChI=1S/C14H26N4O2/c1-3-15-4-10-18(11-5-15)14(20)12-16-6-8-17(9-7-16)13(2)19/h3-12H2,1-2H3. The van der Waals surface area contributed by atoms with Crippen LogP contribution in [0.2, 0.25) is 0 Å². The molecule has 0 aromatic rings. The first-order chi connectivity index (χ1) is 9.60. The minimum absolute atomic E-state index is 0.131. The second-order valence-electron chi connectivity index (χ2n) is 5.60. The van der Waals surface area contributed by atoms with Crippen LogP contribution in [0.3, 0.4) is 0 Å². The van der Waals surface area contributed by atoms with Gasteiger partial charge in [0.25, 0.3) is 0 Å². The van der Waals surface area contributed by atoms with Gasteiger partial charge in [0, 0.05) is 59.3 Å². The van der Waals surface area contributed by atoms with Gasteiger partial charge in [0.15, 0.2) is 0 Å². The van der Waals surface area contributed by atoms with E-state index in [2.05, 4.69) is 16.7 Å². The molecule has 0 aliphatic carbocycles. The van der Waals surface area contributed by atoms with Gasteiger partial charge < -0.3 is 14.7 Å². The van der Waals surface area contributed by atoms with Gasteiger partial charge in [-0.3, -0.25) is 14.5 Å². The predicted molar refractivity (Wildman–Crippen MR) is 77.4 cm³/mol. The maximum atomic E-state index is 12.3. The summed E-state index contributed by atoms with van der Waals surface area (Å²) in [6.45, 7) is 12.1. The minimum atomic E-state index is 0.131. The molecule has 0 spiro atoms. The summed E-state index contributed by atoms with van der Waals surface area (Å²) in [5.74, 6) is 0.365. The highest BCUT2D eigenvalue weighted by molar-refractivity contribution is 5.78. The lowest BCUT2D eigenvalue weighted by Crippen LogP contribution is -2.54. The largest absolute Gasteiger partial charge is 0.340 e. The molecule has 0 N–H and O–H groups in total. The Morgan fingerprint density at radius 3 is 1.80 bits per heavy atom. The zero-order valence-corrected chi connectivity index (χ0v) is 12.7. The maximum absolute atomic E-state index is 12.3. The summed E-state index contributed by atoms with van der Waals surface area (Å²) < 4.78 is 0. The van der Waals surface area contributed by atoms with Crippen LogP contribution in [0.25, 0.3) is 0 Å². The Morgan fingerprint density at radius 1 is 0.800 bits per heavy atom. The van der Waals surface area contributed by atoms with E-state index in [0.717, 1.165) is 58.9 Å². The second kappa shape index (κ2) is 7.04. The Hall–Kier alpha value is -1.14. The molecule has 20 heavy (non-hydrogen) atoms. The SMILES string of the molecule is CCN1CCN(C(=O)CN2CCN(C(C)=O)CC2)CC1. The van der Waals surface area contributed by atoms with Crippen LogP contribution in [-0.2, 0) is 9.59 Å². The van der Waals surface area contributed by atoms with E-state index in [1.807, 2.05) is 9.80 Å². The molecule has 0 bridgehead atoms. The molecular formula is C14H26N4O2. The van der Waals surface area contributed by atoms with E-state index in [-0.39, 0.29) is 11.8 Å². The topological polar surface area (TPSA) is 47.1 Å². The number of amides is 2. The third kappa shape index (κ3) is 3.93. The maximum Gasteiger partial charge on any atom is 0.236 e. The van der Waals surface area contributed by atoms with Crippen molar-refractivity contribution in [2.75, 3.05) is 65.4 Å². The lowest BCUT2D eigenvalue weighted by molar-refractivity contribution is -0.135. The van der Waals surface area contributed by atoms with Crippen LogP contribution in [0.4, 0.5) is 0 Å². The molecule has 2 heterocycles. The second-order valence-corrected chi connectivity index (χ2v) is 5.60. The highest BCUT2D eigenvalue weighted by atomic mass is 16.2. The Balaban J connectivity index is 1.72. The first-order valence-corrected chi connectivity index (χ1v) is 7.58. The molecule has 2 saturated heterocycles. The van der Waals surface area contributed by atoms with Crippen molar-refractivity contribution in [3.05, 3.63) is 0 Å². The Bertz CT molecular complexity index is 345. The first kappa shape index (κ1) is 15.3. The molecule has 6 heteroatoms. The van der Waals surface area contributed by atoms with E-state index in [9.17, 15) is 9.59 Å². The molecule has 0 atom stereocenters. The molecule has 2 fully saturated rings. The molecule has 2 rings (SSSR count). The number of nitrogens with zero attached hydrogens (tertiary/aromatic N) is 4. The Kier molecular flexibility index (Phi) is 5.37. The Labute approximate surface area is 121 Å². The lowest BCUT2D eigenvalue weighted by Gasteiger charge is -2.37. The van der Waals surface area contributed by atoms with Crippen molar-refractivity contribution >= 4 is 11.8 Å². The van der Waals surface area contributed by atoms with Crippen molar-refractivity contribution in [3.8, 4) is 0 Å². The van der Waals surface area contributed by atoms with Crippen molar-refractivity contribution in [3.63, 3.8) is 0 Å². The smallest absolute Gasteiger partial charge is 0.236 e. The fourth-order valence-electron chi connectivity index (χ4n) is 2.83. The van der Waals surface area contributed by atoms with E-state index in [0.29, 0.717) is 6.54 Å². The van der Waals surface area contributed by atoms with E-state index >= 15 is 0 Å². The third-order valence-corrected chi connectivity index (χ3v) is 4.35. The first-order valence-electron chi connectivity index (χ1n) is 7.58. The van der Waals surface area contributed by atoms with Gasteiger partial charge in [0.05, 0.1) is 6.54 Å². The van der Waals surface area contributed by atoms with Crippen LogP contribution in [0.15, 0.2) is 0 Å². The fourth-order valence-corrected chi connectivity index (χ4v) is 2.83. The molecule has 2 aliphatic heterocycles. The zero-order chi connectivity index (χ0) is 14.5. The summed E-state index contributed by atoms with van der Waals surface area (Å²) in [5.41, 5.74) is 0. The molecule has 0 aromatic heterocycles. The molecule has 0 radical (unpaired) electrons. The van der Waals surface area contributed by atoms with Gasteiger partial charge in [-0.15, -0.1) is 0 Å². The van der Waals surface area contributed by atoms with Gasteiger partial charge in [-0.1, -0.05) is 6.92 Å². The lowest BCUT2D eigenvalue weighted by atomic mass is 10.2. The third-order valence-electron chi connectivity index (χ3n) is 4.35. The van der Waals surface area contributed by atoms with E-state index < -0.39 is 0 Å². The van der Waals surface area contributed by atoms with Crippen LogP contribution in [0.1, 0.15) is 13.8 Å². The zero-order valence-electron chi connectivity index (χ0n) is 12.7. The monoisotopic (exact) mass is 282 g/mol. The number of piperazine rings is 2. The van der Waals surface area contributed by atoms with Crippen molar-refractivity contribution in [1.29, 1.82) is 0 Å². The average Bonchev–Trinajstić information content (AvgIpc) is 2.48. The summed E-state index contributed by atoms with van der Waals surface area (Å²) in [6.07, 6.45) is 0. The minimum Gasteiger partial charge on any atom is -0.340 e. The summed E-state index contributed by atoms with van der Waals surface area (Å²) in [4.78, 5) is 31.9. The molecule has 2 amide bonds. The fraction of sp³-hybridized carbons (Fsp3) is 0.857. The summed E-state index contributed by atoms with van der Waals surface area (Å²) in [5, 5.41) is 0. The van der Waals surface area contributed by atoms with Crippen molar-refractivity contribution < 1.29 is 9.59 Å². The molecule has 6 nitrogen and oxygen atoms in total. The molecule has 2 aliphatic rings. The van der Waals surface area contributed by atoms with Crippen molar-refractivity contribution in [2.45, 2.75) is 13.8 Å². The summed E-state index contributed by atoms with van der Waals surface area (Å²) in [6, 6.07) is 0. The van der Waals surface area contributed by atoms with Gasteiger partial charge in [0.1, 0.15) is 0 Å². The normalized spacial score (nSPS) is 22.1. The van der Waals surface area contributed by atoms with Crippen LogP contribution in [0, 0.1) is 0 Å². The number of rotatable bonds is 3. The number of likely N-dealkylation sites (N-methyl/N-ethyl adjacent to an activating group) is 1. The number of hydrogen-bond donors (Lipinski definition) is 0. The van der Waals surface area contributed by atoms with E-state index in [1.165, 1.54) is 0 Å². The number of carbonyl (C=O) groups excluding carboxylic acids is 2. The van der Waals surface area contributed by atoms with Crippen LogP contribution in [-0.4, -0.2) is 96.9 Å². The summed E-state index contributed by atoms with van der Waals surface area (Å²) in [7, 11) is 0. The van der Waals surface area contributed by atoms with E-state index in [1.54, 1.807) is 6.92 Å². The van der Waals surface area contributed by atoms with Gasteiger partial charge >= 0.3 is 0 Å². The van der Waals surface area contributed by atoms with Crippen LogP contribution < -0.4 is 0 Å². The summed E-state index contributed by atoms with van der Waals surface area (Å²) >= 11 is 0. The highest BCUT2D eigenvalue weighted by Gasteiger charge is 2.24. The molecule has 114 valence electrons. The average molecular weight is 282 g/mol. The molecule has 0 aromatic carbocycles. The predicted octanol–water partition coefficient (Wildman–Crippen LogP) is -0.685. The van der Waals surface area contributed by atoms with Gasteiger partial charge in [-0.25, -0.2) is 0 Å². The Morgan fingerprint density at radius 2 is 1.30 bits per heavy atom. The van der Waals surface area contributed by atoms with Crippen LogP contribution in [0.5, 0.6) is 0 Å². The number of carbonyl (C=O) groups is 2. The van der Waals surface area contributed by atoms with Crippen LogP contribution >= 0.6 is 0 Å². The molecule has 0 saturated carbocycles. The number of hydrogen-bond acceptors (Lipinski definition) is 4. The van der Waals surface area contributed by atoms with Crippen molar-refractivity contribution in [2.24, 2.45) is 0 Å². The van der Waals surface area contributed by atoms with Crippen molar-refractivity contribution in [1.82, 2.24) is 19.6 Å². The van der Waals surface area contributed by atoms with Gasteiger partial charge in [0.2, 0.25) is 11.8 Å². The molecular weight excluding hydrogens is 256 g/mol. The quantitative estimate of drug-likeness (QED) is 0.688. The van der Waals surface area contributed by atoms with Gasteiger partial charge in [-0.2, -0.15) is 0 Å². The van der Waals surface area contributed by atoms with Gasteiger partial charge in [-0.05, 0) is 6.54 Å². The van der Waals surface area contributed by atoms with E-state index in [4.69, 9.17) is 0 Å². The highest BCUT2D eigenvalue weighted by Crippen LogP contribution is 2.05. The molecule has 0 unspecified atom stereocenters.